The molecule has 2 rings (SSSR count). The van der Waals surface area contributed by atoms with Gasteiger partial charge in [-0.15, -0.1) is 0 Å². The minimum atomic E-state index is -0.333. The zero-order valence-corrected chi connectivity index (χ0v) is 11.3. The third-order valence-corrected chi connectivity index (χ3v) is 3.99. The van der Waals surface area contributed by atoms with Gasteiger partial charge in [0.05, 0.1) is 17.4 Å². The lowest BCUT2D eigenvalue weighted by atomic mass is 9.64. The Balaban J connectivity index is 2.09. The van der Waals surface area contributed by atoms with Crippen LogP contribution >= 0.6 is 0 Å². The Morgan fingerprint density at radius 1 is 1.44 bits per heavy atom. The lowest BCUT2D eigenvalue weighted by Crippen LogP contribution is -2.61. The van der Waals surface area contributed by atoms with Gasteiger partial charge in [0.25, 0.3) is 5.91 Å². The molecular formula is C14H20N2O2. The number of nitrogens with zero attached hydrogens (tertiary/aromatic N) is 1. The van der Waals surface area contributed by atoms with Gasteiger partial charge in [-0.1, -0.05) is 13.8 Å². The second-order valence-corrected chi connectivity index (χ2v) is 5.68. The van der Waals surface area contributed by atoms with Crippen LogP contribution < -0.4 is 5.32 Å². The van der Waals surface area contributed by atoms with Crippen LogP contribution in [0.1, 0.15) is 42.0 Å². The molecule has 0 spiro atoms. The van der Waals surface area contributed by atoms with E-state index in [1.807, 2.05) is 33.8 Å². The fourth-order valence-electron chi connectivity index (χ4n) is 2.31. The molecule has 2 atom stereocenters. The maximum absolute atomic E-state index is 12.1. The number of amides is 1. The van der Waals surface area contributed by atoms with E-state index in [-0.39, 0.29) is 23.5 Å². The van der Waals surface area contributed by atoms with Gasteiger partial charge in [0.2, 0.25) is 0 Å². The normalized spacial score (nSPS) is 25.4. The Labute approximate surface area is 107 Å². The molecule has 0 aromatic carbocycles. The van der Waals surface area contributed by atoms with Crippen LogP contribution in [0.3, 0.4) is 0 Å². The number of pyridine rings is 1. The molecule has 1 aromatic heterocycles. The highest BCUT2D eigenvalue weighted by molar-refractivity contribution is 5.95. The molecule has 0 bridgehead atoms. The molecule has 4 nitrogen and oxygen atoms in total. The fraction of sp³-hybridized carbons (Fsp3) is 0.571. The first kappa shape index (κ1) is 13.0. The Bertz CT molecular complexity index is 483. The molecule has 0 aliphatic heterocycles. The molecule has 0 radical (unpaired) electrons. The van der Waals surface area contributed by atoms with Gasteiger partial charge in [0, 0.05) is 17.2 Å². The molecule has 2 N–H and O–H groups in total. The van der Waals surface area contributed by atoms with Crippen molar-refractivity contribution in [2.45, 2.75) is 46.3 Å². The Hall–Kier alpha value is -1.42. The lowest BCUT2D eigenvalue weighted by Gasteiger charge is -2.49. The van der Waals surface area contributed by atoms with E-state index in [1.54, 1.807) is 6.07 Å². The number of aliphatic hydroxyl groups is 1. The van der Waals surface area contributed by atoms with Gasteiger partial charge in [-0.2, -0.15) is 0 Å². The molecule has 1 heterocycles. The van der Waals surface area contributed by atoms with Crippen molar-refractivity contribution in [3.63, 3.8) is 0 Å². The topological polar surface area (TPSA) is 62.2 Å². The first-order valence-corrected chi connectivity index (χ1v) is 6.25. The molecule has 1 amide bonds. The highest BCUT2D eigenvalue weighted by Crippen LogP contribution is 2.40. The lowest BCUT2D eigenvalue weighted by molar-refractivity contribution is -0.0689. The van der Waals surface area contributed by atoms with Crippen molar-refractivity contribution in [3.05, 3.63) is 29.1 Å². The van der Waals surface area contributed by atoms with E-state index in [0.29, 0.717) is 12.0 Å². The highest BCUT2D eigenvalue weighted by atomic mass is 16.3. The van der Waals surface area contributed by atoms with Gasteiger partial charge in [-0.25, -0.2) is 0 Å². The van der Waals surface area contributed by atoms with E-state index in [2.05, 4.69) is 10.3 Å². The Morgan fingerprint density at radius 3 is 2.61 bits per heavy atom. The average molecular weight is 248 g/mol. The summed E-state index contributed by atoms with van der Waals surface area (Å²) in [5.74, 6) is -0.107. The molecular weight excluding hydrogens is 228 g/mol. The Kier molecular flexibility index (Phi) is 3.15. The largest absolute Gasteiger partial charge is 0.392 e. The van der Waals surface area contributed by atoms with Crippen LogP contribution in [0.15, 0.2) is 12.1 Å². The van der Waals surface area contributed by atoms with E-state index in [9.17, 15) is 9.90 Å². The number of nitrogens with one attached hydrogen (secondary N) is 1. The van der Waals surface area contributed by atoms with E-state index >= 15 is 0 Å². The van der Waals surface area contributed by atoms with Crippen molar-refractivity contribution < 1.29 is 9.90 Å². The molecule has 1 saturated carbocycles. The first-order chi connectivity index (χ1) is 8.32. The number of aromatic nitrogens is 1. The summed E-state index contributed by atoms with van der Waals surface area (Å²) >= 11 is 0. The molecule has 1 aliphatic carbocycles. The van der Waals surface area contributed by atoms with Gasteiger partial charge in [0.1, 0.15) is 0 Å². The SMILES string of the molecule is Cc1ccc(C(=O)NC2CC(O)C2(C)C)c(C)n1. The summed E-state index contributed by atoms with van der Waals surface area (Å²) in [6.07, 6.45) is 0.289. The molecule has 1 aliphatic rings. The number of carbonyl (C=O) groups is 1. The van der Waals surface area contributed by atoms with E-state index in [0.717, 1.165) is 11.4 Å². The van der Waals surface area contributed by atoms with Crippen LogP contribution in [0.4, 0.5) is 0 Å². The summed E-state index contributed by atoms with van der Waals surface area (Å²) in [6.45, 7) is 7.67. The summed E-state index contributed by atoms with van der Waals surface area (Å²) in [5.41, 5.74) is 2.01. The summed E-state index contributed by atoms with van der Waals surface area (Å²) in [6, 6.07) is 3.67. The number of aryl methyl sites for hydroxylation is 2. The van der Waals surface area contributed by atoms with Crippen molar-refractivity contribution in [1.29, 1.82) is 0 Å². The van der Waals surface area contributed by atoms with Crippen LogP contribution in [-0.2, 0) is 0 Å². The van der Waals surface area contributed by atoms with Crippen molar-refractivity contribution in [3.8, 4) is 0 Å². The van der Waals surface area contributed by atoms with Gasteiger partial charge < -0.3 is 10.4 Å². The predicted octanol–water partition coefficient (Wildman–Crippen LogP) is 1.59. The van der Waals surface area contributed by atoms with E-state index < -0.39 is 0 Å². The smallest absolute Gasteiger partial charge is 0.253 e. The molecule has 4 heteroatoms. The van der Waals surface area contributed by atoms with Crippen LogP contribution in [0.25, 0.3) is 0 Å². The highest BCUT2D eigenvalue weighted by Gasteiger charge is 2.48. The third kappa shape index (κ3) is 2.12. The summed E-state index contributed by atoms with van der Waals surface area (Å²) < 4.78 is 0. The van der Waals surface area contributed by atoms with Crippen LogP contribution in [0.5, 0.6) is 0 Å². The molecule has 18 heavy (non-hydrogen) atoms. The molecule has 1 fully saturated rings. The van der Waals surface area contributed by atoms with Gasteiger partial charge in [0.15, 0.2) is 0 Å². The first-order valence-electron chi connectivity index (χ1n) is 6.25. The predicted molar refractivity (Wildman–Crippen MR) is 69.4 cm³/mol. The fourth-order valence-corrected chi connectivity index (χ4v) is 2.31. The van der Waals surface area contributed by atoms with Crippen molar-refractivity contribution in [2.24, 2.45) is 5.41 Å². The zero-order valence-electron chi connectivity index (χ0n) is 11.3. The monoisotopic (exact) mass is 248 g/mol. The van der Waals surface area contributed by atoms with Gasteiger partial charge >= 0.3 is 0 Å². The van der Waals surface area contributed by atoms with Crippen molar-refractivity contribution in [2.75, 3.05) is 0 Å². The zero-order chi connectivity index (χ0) is 13.5. The van der Waals surface area contributed by atoms with Crippen LogP contribution in [0, 0.1) is 19.3 Å². The summed E-state index contributed by atoms with van der Waals surface area (Å²) in [5, 5.41) is 12.6. The number of carbonyl (C=O) groups excluding carboxylic acids is 1. The number of rotatable bonds is 2. The number of aliphatic hydroxyl groups excluding tert-OH is 1. The van der Waals surface area contributed by atoms with E-state index in [1.165, 1.54) is 0 Å². The average Bonchev–Trinajstić information content (AvgIpc) is 2.28. The minimum Gasteiger partial charge on any atom is -0.392 e. The number of hydrogen-bond acceptors (Lipinski definition) is 3. The summed E-state index contributed by atoms with van der Waals surface area (Å²) in [4.78, 5) is 16.4. The third-order valence-electron chi connectivity index (χ3n) is 3.99. The van der Waals surface area contributed by atoms with E-state index in [4.69, 9.17) is 0 Å². The maximum atomic E-state index is 12.1. The summed E-state index contributed by atoms with van der Waals surface area (Å²) in [7, 11) is 0. The number of hydrogen-bond donors (Lipinski definition) is 2. The second-order valence-electron chi connectivity index (χ2n) is 5.68. The molecule has 1 aromatic rings. The standard InChI is InChI=1S/C14H20N2O2/c1-8-5-6-10(9(2)15-8)13(18)16-11-7-12(17)14(11,3)4/h5-6,11-12,17H,7H2,1-4H3,(H,16,18). The maximum Gasteiger partial charge on any atom is 0.253 e. The quantitative estimate of drug-likeness (QED) is 0.835. The van der Waals surface area contributed by atoms with Crippen molar-refractivity contribution >= 4 is 5.91 Å². The van der Waals surface area contributed by atoms with Crippen molar-refractivity contribution in [1.82, 2.24) is 10.3 Å². The van der Waals surface area contributed by atoms with Gasteiger partial charge in [-0.05, 0) is 32.4 Å². The van der Waals surface area contributed by atoms with Crippen LogP contribution in [0.2, 0.25) is 0 Å². The van der Waals surface area contributed by atoms with Crippen LogP contribution in [-0.4, -0.2) is 28.1 Å². The molecule has 2 unspecified atom stereocenters. The Morgan fingerprint density at radius 2 is 2.11 bits per heavy atom. The van der Waals surface area contributed by atoms with Gasteiger partial charge in [-0.3, -0.25) is 9.78 Å². The molecule has 98 valence electrons. The molecule has 0 saturated heterocycles. The second kappa shape index (κ2) is 4.35. The minimum absolute atomic E-state index is 0.0284.